The Morgan fingerprint density at radius 3 is 2.83 bits per heavy atom. The van der Waals surface area contributed by atoms with Crippen molar-refractivity contribution < 1.29 is 4.92 Å². The van der Waals surface area contributed by atoms with Crippen LogP contribution >= 0.6 is 0 Å². The molecule has 1 saturated carbocycles. The monoisotopic (exact) mass is 249 g/mol. The second-order valence-electron chi connectivity index (χ2n) is 4.87. The first-order valence-electron chi connectivity index (χ1n) is 6.57. The van der Waals surface area contributed by atoms with Gasteiger partial charge in [-0.15, -0.1) is 0 Å². The van der Waals surface area contributed by atoms with Gasteiger partial charge in [0.25, 0.3) is 0 Å². The molecule has 0 radical (unpaired) electrons. The molecule has 1 heterocycles. The topological polar surface area (TPSA) is 68.1 Å². The summed E-state index contributed by atoms with van der Waals surface area (Å²) in [7, 11) is 0. The summed E-state index contributed by atoms with van der Waals surface area (Å²) in [5.41, 5.74) is 0.881. The van der Waals surface area contributed by atoms with Crippen molar-refractivity contribution in [1.82, 2.24) is 4.98 Å². The zero-order chi connectivity index (χ0) is 13.0. The summed E-state index contributed by atoms with van der Waals surface area (Å²) in [5, 5.41) is 14.0. The van der Waals surface area contributed by atoms with E-state index in [2.05, 4.69) is 17.2 Å². The smallest absolute Gasteiger partial charge is 0.363 e. The Kier molecular flexibility index (Phi) is 4.12. The highest BCUT2D eigenvalue weighted by Gasteiger charge is 2.23. The first-order chi connectivity index (χ1) is 8.70. The lowest BCUT2D eigenvalue weighted by atomic mass is 9.83. The van der Waals surface area contributed by atoms with Gasteiger partial charge in [-0.3, -0.25) is 0 Å². The molecule has 1 fully saturated rings. The van der Waals surface area contributed by atoms with Crippen molar-refractivity contribution in [3.05, 3.63) is 28.4 Å². The average Bonchev–Trinajstić information content (AvgIpc) is 2.40. The molecule has 1 aromatic rings. The minimum absolute atomic E-state index is 0.101. The van der Waals surface area contributed by atoms with Gasteiger partial charge in [-0.1, -0.05) is 26.2 Å². The number of hydrogen-bond acceptors (Lipinski definition) is 4. The van der Waals surface area contributed by atoms with Gasteiger partial charge in [-0.05, 0) is 34.7 Å². The second kappa shape index (κ2) is 5.80. The van der Waals surface area contributed by atoms with Crippen molar-refractivity contribution in [2.24, 2.45) is 5.92 Å². The number of hydrogen-bond donors (Lipinski definition) is 1. The maximum Gasteiger partial charge on any atom is 0.363 e. The Hall–Kier alpha value is -1.65. The Bertz CT molecular complexity index is 405. The van der Waals surface area contributed by atoms with Crippen molar-refractivity contribution in [2.75, 3.05) is 5.32 Å². The summed E-state index contributed by atoms with van der Waals surface area (Å²) < 4.78 is 0. The molecule has 1 N–H and O–H groups in total. The third-order valence-electron chi connectivity index (χ3n) is 3.72. The molecule has 5 heteroatoms. The molecule has 1 aromatic heterocycles. The van der Waals surface area contributed by atoms with Gasteiger partial charge in [0.15, 0.2) is 6.20 Å². The van der Waals surface area contributed by atoms with Gasteiger partial charge >= 0.3 is 5.82 Å². The van der Waals surface area contributed by atoms with Gasteiger partial charge in [0.05, 0.1) is 5.69 Å². The highest BCUT2D eigenvalue weighted by Crippen LogP contribution is 2.29. The summed E-state index contributed by atoms with van der Waals surface area (Å²) in [6.07, 6.45) is 7.76. The lowest BCUT2D eigenvalue weighted by Crippen LogP contribution is -2.31. The van der Waals surface area contributed by atoms with Crippen LogP contribution in [-0.2, 0) is 0 Å². The molecule has 0 aromatic carbocycles. The highest BCUT2D eigenvalue weighted by atomic mass is 16.6. The third-order valence-corrected chi connectivity index (χ3v) is 3.72. The Balaban J connectivity index is 2.01. The molecule has 2 atom stereocenters. The molecule has 0 amide bonds. The lowest BCUT2D eigenvalue weighted by molar-refractivity contribution is -0.389. The number of nitrogens with zero attached hydrogens (tertiary/aromatic N) is 2. The molecular formula is C13H19N3O2. The maximum atomic E-state index is 10.5. The van der Waals surface area contributed by atoms with Crippen molar-refractivity contribution in [2.45, 2.75) is 45.1 Å². The van der Waals surface area contributed by atoms with Crippen LogP contribution in [0.1, 0.15) is 39.0 Å². The van der Waals surface area contributed by atoms with E-state index in [0.717, 1.165) is 5.69 Å². The van der Waals surface area contributed by atoms with E-state index in [0.29, 0.717) is 12.0 Å². The van der Waals surface area contributed by atoms with Crippen LogP contribution in [0.4, 0.5) is 11.5 Å². The van der Waals surface area contributed by atoms with Crippen LogP contribution < -0.4 is 5.32 Å². The largest absolute Gasteiger partial charge is 0.379 e. The van der Waals surface area contributed by atoms with Crippen molar-refractivity contribution in [1.29, 1.82) is 0 Å². The van der Waals surface area contributed by atoms with Gasteiger partial charge in [0.2, 0.25) is 0 Å². The molecular weight excluding hydrogens is 230 g/mol. The molecule has 2 rings (SSSR count). The molecule has 98 valence electrons. The number of nitrogens with one attached hydrogen (secondary N) is 1. The van der Waals surface area contributed by atoms with Crippen molar-refractivity contribution >= 4 is 11.5 Å². The SMILES string of the molecule is CCC1CCCCC1Nc1ccc([N+](=O)[O-])nc1. The standard InChI is InChI=1S/C13H19N3O2/c1-2-10-5-3-4-6-12(10)15-11-7-8-13(14-9-11)16(17)18/h7-10,12,15H,2-6H2,1H3. The van der Waals surface area contributed by atoms with E-state index in [-0.39, 0.29) is 5.82 Å². The molecule has 0 saturated heterocycles. The number of anilines is 1. The molecule has 5 nitrogen and oxygen atoms in total. The minimum atomic E-state index is -0.473. The third kappa shape index (κ3) is 2.97. The molecule has 18 heavy (non-hydrogen) atoms. The summed E-state index contributed by atoms with van der Waals surface area (Å²) in [6.45, 7) is 2.22. The van der Waals surface area contributed by atoms with Crippen LogP contribution in [0, 0.1) is 16.0 Å². The zero-order valence-corrected chi connectivity index (χ0v) is 10.6. The summed E-state index contributed by atoms with van der Waals surface area (Å²) in [4.78, 5) is 13.9. The van der Waals surface area contributed by atoms with Gasteiger partial charge < -0.3 is 15.4 Å². The molecule has 0 aliphatic heterocycles. The van der Waals surface area contributed by atoms with Gasteiger partial charge in [-0.25, -0.2) is 0 Å². The summed E-state index contributed by atoms with van der Waals surface area (Å²) in [5.74, 6) is 0.602. The number of pyridine rings is 1. The Morgan fingerprint density at radius 2 is 2.22 bits per heavy atom. The van der Waals surface area contributed by atoms with E-state index in [1.54, 1.807) is 12.3 Å². The first kappa shape index (κ1) is 12.8. The van der Waals surface area contributed by atoms with Crippen LogP contribution in [0.25, 0.3) is 0 Å². The fourth-order valence-electron chi connectivity index (χ4n) is 2.68. The van der Waals surface area contributed by atoms with E-state index in [9.17, 15) is 10.1 Å². The fraction of sp³-hybridized carbons (Fsp3) is 0.615. The predicted octanol–water partition coefficient (Wildman–Crippen LogP) is 3.37. The van der Waals surface area contributed by atoms with E-state index < -0.39 is 4.92 Å². The van der Waals surface area contributed by atoms with E-state index in [4.69, 9.17) is 0 Å². The normalized spacial score (nSPS) is 23.6. The minimum Gasteiger partial charge on any atom is -0.379 e. The van der Waals surface area contributed by atoms with E-state index in [1.165, 1.54) is 38.2 Å². The van der Waals surface area contributed by atoms with Crippen LogP contribution in [-0.4, -0.2) is 15.9 Å². The summed E-state index contributed by atoms with van der Waals surface area (Å²) in [6, 6.07) is 3.67. The van der Waals surface area contributed by atoms with Crippen LogP contribution in [0.5, 0.6) is 0 Å². The van der Waals surface area contributed by atoms with Crippen LogP contribution in [0.3, 0.4) is 0 Å². The highest BCUT2D eigenvalue weighted by molar-refractivity contribution is 5.44. The molecule has 2 unspecified atom stereocenters. The first-order valence-corrected chi connectivity index (χ1v) is 6.57. The fourth-order valence-corrected chi connectivity index (χ4v) is 2.68. The van der Waals surface area contributed by atoms with E-state index >= 15 is 0 Å². The Labute approximate surface area is 107 Å². The van der Waals surface area contributed by atoms with Crippen LogP contribution in [0.2, 0.25) is 0 Å². The lowest BCUT2D eigenvalue weighted by Gasteiger charge is -2.31. The second-order valence-corrected chi connectivity index (χ2v) is 4.87. The zero-order valence-electron chi connectivity index (χ0n) is 10.6. The van der Waals surface area contributed by atoms with Gasteiger partial charge in [-0.2, -0.15) is 0 Å². The average molecular weight is 249 g/mol. The molecule has 1 aliphatic rings. The molecule has 1 aliphatic carbocycles. The number of nitro groups is 1. The molecule has 0 spiro atoms. The van der Waals surface area contributed by atoms with Crippen molar-refractivity contribution in [3.63, 3.8) is 0 Å². The van der Waals surface area contributed by atoms with E-state index in [1.807, 2.05) is 0 Å². The number of aromatic nitrogens is 1. The summed E-state index contributed by atoms with van der Waals surface area (Å²) >= 11 is 0. The number of rotatable bonds is 4. The molecule has 0 bridgehead atoms. The van der Waals surface area contributed by atoms with Crippen molar-refractivity contribution in [3.8, 4) is 0 Å². The predicted molar refractivity (Wildman–Crippen MR) is 70.6 cm³/mol. The Morgan fingerprint density at radius 1 is 1.44 bits per heavy atom. The maximum absolute atomic E-state index is 10.5. The quantitative estimate of drug-likeness (QED) is 0.656. The van der Waals surface area contributed by atoms with Gasteiger partial charge in [0.1, 0.15) is 0 Å². The van der Waals surface area contributed by atoms with Crippen LogP contribution in [0.15, 0.2) is 18.3 Å². The van der Waals surface area contributed by atoms with Gasteiger partial charge in [0, 0.05) is 12.1 Å².